The number of methoxy groups -OCH3 is 2. The SMILES string of the molecule is CC[C@H](C)/C(=C(\CC(=O)N1CCC[C@H]1[C@H](OC)[C@@H](C)C(=O)N[C@H](C)[C@@H](O)c1ccccc1)OC)N(C)C. The summed E-state index contributed by atoms with van der Waals surface area (Å²) in [5.74, 6) is 0.195. The Bertz CT molecular complexity index is 904. The molecule has 0 saturated carbocycles. The minimum Gasteiger partial charge on any atom is -0.499 e. The monoisotopic (exact) mass is 517 g/mol. The Kier molecular flexibility index (Phi) is 11.9. The number of ether oxygens (including phenoxy) is 2. The average molecular weight is 518 g/mol. The third kappa shape index (κ3) is 7.71. The molecule has 1 fully saturated rings. The fourth-order valence-corrected chi connectivity index (χ4v) is 5.33. The number of amides is 2. The molecule has 0 aromatic heterocycles. The highest BCUT2D eigenvalue weighted by molar-refractivity contribution is 5.81. The zero-order valence-corrected chi connectivity index (χ0v) is 23.9. The summed E-state index contributed by atoms with van der Waals surface area (Å²) in [7, 11) is 7.15. The molecule has 2 amide bonds. The van der Waals surface area contributed by atoms with Gasteiger partial charge in [0.25, 0.3) is 0 Å². The number of carbonyl (C=O) groups excluding carboxylic acids is 2. The second kappa shape index (κ2) is 14.4. The fourth-order valence-electron chi connectivity index (χ4n) is 5.33. The summed E-state index contributed by atoms with van der Waals surface area (Å²) in [5.41, 5.74) is 1.77. The highest BCUT2D eigenvalue weighted by Gasteiger charge is 2.40. The Morgan fingerprint density at radius 2 is 1.81 bits per heavy atom. The molecule has 0 unspecified atom stereocenters. The van der Waals surface area contributed by atoms with Crippen molar-refractivity contribution < 1.29 is 24.2 Å². The van der Waals surface area contributed by atoms with E-state index < -0.39 is 24.2 Å². The first kappa shape index (κ1) is 30.6. The second-order valence-electron chi connectivity index (χ2n) is 10.3. The first-order valence-corrected chi connectivity index (χ1v) is 13.4. The van der Waals surface area contributed by atoms with E-state index >= 15 is 0 Å². The Labute approximate surface area is 223 Å². The predicted molar refractivity (Wildman–Crippen MR) is 145 cm³/mol. The van der Waals surface area contributed by atoms with E-state index in [1.54, 1.807) is 21.1 Å². The number of allylic oxidation sites excluding steroid dienone is 1. The molecule has 6 atom stereocenters. The Morgan fingerprint density at radius 3 is 2.35 bits per heavy atom. The minimum absolute atomic E-state index is 0.0236. The molecule has 208 valence electrons. The van der Waals surface area contributed by atoms with Crippen LogP contribution < -0.4 is 5.32 Å². The van der Waals surface area contributed by atoms with Crippen molar-refractivity contribution in [3.63, 3.8) is 0 Å². The van der Waals surface area contributed by atoms with Crippen LogP contribution >= 0.6 is 0 Å². The van der Waals surface area contributed by atoms with Gasteiger partial charge in [0, 0.05) is 27.7 Å². The van der Waals surface area contributed by atoms with Gasteiger partial charge in [0.2, 0.25) is 11.8 Å². The lowest BCUT2D eigenvalue weighted by Crippen LogP contribution is -2.51. The number of rotatable bonds is 13. The lowest BCUT2D eigenvalue weighted by molar-refractivity contribution is -0.140. The van der Waals surface area contributed by atoms with Crippen LogP contribution in [-0.2, 0) is 19.1 Å². The number of aliphatic hydroxyl groups is 1. The lowest BCUT2D eigenvalue weighted by atomic mass is 9.93. The summed E-state index contributed by atoms with van der Waals surface area (Å²) in [4.78, 5) is 30.6. The summed E-state index contributed by atoms with van der Waals surface area (Å²) < 4.78 is 11.5. The van der Waals surface area contributed by atoms with Crippen molar-refractivity contribution in [3.8, 4) is 0 Å². The van der Waals surface area contributed by atoms with Gasteiger partial charge in [0.05, 0.1) is 49.4 Å². The van der Waals surface area contributed by atoms with E-state index in [0.29, 0.717) is 12.3 Å². The highest BCUT2D eigenvalue weighted by atomic mass is 16.5. The third-order valence-corrected chi connectivity index (χ3v) is 7.57. The average Bonchev–Trinajstić information content (AvgIpc) is 3.37. The van der Waals surface area contributed by atoms with Crippen molar-refractivity contribution in [2.24, 2.45) is 11.8 Å². The standard InChI is InChI=1S/C29H47N3O5/c1-9-19(2)26(31(5)6)24(36-7)18-25(33)32-17-13-16-23(32)28(37-8)20(3)29(35)30-21(4)27(34)22-14-11-10-12-15-22/h10-12,14-15,19-21,23,27-28,34H,9,13,16-18H2,1-8H3,(H,30,35)/b26-24-/t19-,20+,21+,23-,27+,28+/m0/s1. The number of hydrogen-bond acceptors (Lipinski definition) is 6. The predicted octanol–water partition coefficient (Wildman–Crippen LogP) is 3.72. The van der Waals surface area contributed by atoms with Crippen molar-refractivity contribution in [2.45, 2.75) is 77.7 Å². The van der Waals surface area contributed by atoms with E-state index in [1.807, 2.05) is 61.2 Å². The molecule has 37 heavy (non-hydrogen) atoms. The van der Waals surface area contributed by atoms with E-state index in [9.17, 15) is 14.7 Å². The molecule has 0 radical (unpaired) electrons. The number of aliphatic hydroxyl groups excluding tert-OH is 1. The fraction of sp³-hybridized carbons (Fsp3) is 0.655. The van der Waals surface area contributed by atoms with Gasteiger partial charge in [0.15, 0.2) is 0 Å². The molecule has 2 rings (SSSR count). The summed E-state index contributed by atoms with van der Waals surface area (Å²) in [6, 6.07) is 8.59. The van der Waals surface area contributed by atoms with E-state index in [4.69, 9.17) is 9.47 Å². The zero-order chi connectivity index (χ0) is 27.7. The largest absolute Gasteiger partial charge is 0.499 e. The molecule has 0 bridgehead atoms. The maximum atomic E-state index is 13.5. The van der Waals surface area contributed by atoms with Crippen LogP contribution in [0.2, 0.25) is 0 Å². The molecule has 0 spiro atoms. The van der Waals surface area contributed by atoms with Crippen LogP contribution in [0, 0.1) is 11.8 Å². The van der Waals surface area contributed by atoms with Crippen molar-refractivity contribution in [1.82, 2.24) is 15.1 Å². The van der Waals surface area contributed by atoms with Crippen LogP contribution in [-0.4, -0.2) is 79.8 Å². The number of likely N-dealkylation sites (tertiary alicyclic amines) is 1. The Hall–Kier alpha value is -2.58. The van der Waals surface area contributed by atoms with Gasteiger partial charge < -0.3 is 29.7 Å². The summed E-state index contributed by atoms with van der Waals surface area (Å²) in [5, 5.41) is 13.6. The van der Waals surface area contributed by atoms with Crippen molar-refractivity contribution in [2.75, 3.05) is 34.9 Å². The van der Waals surface area contributed by atoms with Crippen LogP contribution in [0.15, 0.2) is 41.8 Å². The molecule has 1 aromatic rings. The molecular weight excluding hydrogens is 470 g/mol. The first-order chi connectivity index (χ1) is 17.6. The van der Waals surface area contributed by atoms with E-state index in [0.717, 1.165) is 30.5 Å². The van der Waals surface area contributed by atoms with Gasteiger partial charge in [-0.2, -0.15) is 0 Å². The molecule has 1 saturated heterocycles. The van der Waals surface area contributed by atoms with E-state index in [2.05, 4.69) is 19.2 Å². The van der Waals surface area contributed by atoms with Crippen LogP contribution in [0.3, 0.4) is 0 Å². The van der Waals surface area contributed by atoms with Crippen LogP contribution in [0.1, 0.15) is 65.0 Å². The maximum Gasteiger partial charge on any atom is 0.230 e. The summed E-state index contributed by atoms with van der Waals surface area (Å²) in [6.45, 7) is 8.48. The normalized spacial score (nSPS) is 20.4. The molecule has 1 aromatic carbocycles. The first-order valence-electron chi connectivity index (χ1n) is 13.4. The molecule has 2 N–H and O–H groups in total. The van der Waals surface area contributed by atoms with Crippen LogP contribution in [0.25, 0.3) is 0 Å². The number of nitrogens with zero attached hydrogens (tertiary/aromatic N) is 2. The van der Waals surface area contributed by atoms with Crippen molar-refractivity contribution >= 4 is 11.8 Å². The molecule has 8 nitrogen and oxygen atoms in total. The molecule has 1 heterocycles. The van der Waals surface area contributed by atoms with Gasteiger partial charge >= 0.3 is 0 Å². The second-order valence-corrected chi connectivity index (χ2v) is 10.3. The third-order valence-electron chi connectivity index (χ3n) is 7.57. The number of hydrogen-bond donors (Lipinski definition) is 2. The quantitative estimate of drug-likeness (QED) is 0.388. The number of nitrogens with one attached hydrogen (secondary N) is 1. The van der Waals surface area contributed by atoms with Crippen molar-refractivity contribution in [3.05, 3.63) is 47.4 Å². The van der Waals surface area contributed by atoms with Gasteiger partial charge in [-0.1, -0.05) is 51.1 Å². The van der Waals surface area contributed by atoms with Gasteiger partial charge in [-0.25, -0.2) is 0 Å². The zero-order valence-electron chi connectivity index (χ0n) is 23.9. The van der Waals surface area contributed by atoms with Crippen LogP contribution in [0.5, 0.6) is 0 Å². The maximum absolute atomic E-state index is 13.5. The molecule has 1 aliphatic rings. The van der Waals surface area contributed by atoms with Gasteiger partial charge in [-0.3, -0.25) is 9.59 Å². The summed E-state index contributed by atoms with van der Waals surface area (Å²) in [6.07, 6.45) is 1.44. The smallest absolute Gasteiger partial charge is 0.230 e. The van der Waals surface area contributed by atoms with Gasteiger partial charge in [-0.15, -0.1) is 0 Å². The Morgan fingerprint density at radius 1 is 1.16 bits per heavy atom. The Balaban J connectivity index is 2.14. The van der Waals surface area contributed by atoms with Crippen LogP contribution in [0.4, 0.5) is 0 Å². The molecule has 8 heteroatoms. The minimum atomic E-state index is -0.821. The van der Waals surface area contributed by atoms with Gasteiger partial charge in [0.1, 0.15) is 5.76 Å². The summed E-state index contributed by atoms with van der Waals surface area (Å²) >= 11 is 0. The number of benzene rings is 1. The highest BCUT2D eigenvalue weighted by Crippen LogP contribution is 2.30. The van der Waals surface area contributed by atoms with E-state index in [-0.39, 0.29) is 30.2 Å². The molecular formula is C29H47N3O5. The molecule has 0 aliphatic carbocycles. The number of carbonyl (C=O) groups is 2. The van der Waals surface area contributed by atoms with E-state index in [1.165, 1.54) is 0 Å². The molecule has 1 aliphatic heterocycles. The van der Waals surface area contributed by atoms with Crippen molar-refractivity contribution in [1.29, 1.82) is 0 Å². The van der Waals surface area contributed by atoms with Gasteiger partial charge in [-0.05, 0) is 37.7 Å². The topological polar surface area (TPSA) is 91.3 Å². The lowest BCUT2D eigenvalue weighted by Gasteiger charge is -2.35.